The van der Waals surface area contributed by atoms with Gasteiger partial charge in [0.2, 0.25) is 10.0 Å². The van der Waals surface area contributed by atoms with E-state index in [0.717, 1.165) is 0 Å². The Balaban J connectivity index is 1.84. The molecule has 1 saturated heterocycles. The van der Waals surface area contributed by atoms with Crippen molar-refractivity contribution in [1.82, 2.24) is 14.3 Å². The molecule has 1 aromatic heterocycles. The SMILES string of the molecule is Cc1nccc([C@H]2CN(S(=O)(=O)c3ccccc3)CCO2)n1. The van der Waals surface area contributed by atoms with E-state index in [-0.39, 0.29) is 12.6 Å². The van der Waals surface area contributed by atoms with E-state index in [9.17, 15) is 8.42 Å². The monoisotopic (exact) mass is 319 g/mol. The highest BCUT2D eigenvalue weighted by molar-refractivity contribution is 7.89. The van der Waals surface area contributed by atoms with Gasteiger partial charge in [-0.15, -0.1) is 0 Å². The van der Waals surface area contributed by atoms with E-state index < -0.39 is 10.0 Å². The first-order valence-corrected chi connectivity index (χ1v) is 8.48. The third kappa shape index (κ3) is 3.01. The second-order valence-corrected chi connectivity index (χ2v) is 7.00. The van der Waals surface area contributed by atoms with E-state index in [4.69, 9.17) is 4.74 Å². The fourth-order valence-electron chi connectivity index (χ4n) is 2.42. The molecule has 22 heavy (non-hydrogen) atoms. The molecule has 1 atom stereocenters. The second kappa shape index (κ2) is 6.12. The molecule has 1 aliphatic heterocycles. The molecule has 6 nitrogen and oxygen atoms in total. The van der Waals surface area contributed by atoms with Gasteiger partial charge in [0, 0.05) is 19.3 Å². The lowest BCUT2D eigenvalue weighted by molar-refractivity contribution is -0.00509. The highest BCUT2D eigenvalue weighted by Crippen LogP contribution is 2.25. The summed E-state index contributed by atoms with van der Waals surface area (Å²) in [5.74, 6) is 0.643. The number of hydrogen-bond donors (Lipinski definition) is 0. The van der Waals surface area contributed by atoms with Crippen molar-refractivity contribution in [2.45, 2.75) is 17.9 Å². The number of hydrogen-bond acceptors (Lipinski definition) is 5. The molecule has 0 amide bonds. The van der Waals surface area contributed by atoms with Crippen molar-refractivity contribution in [1.29, 1.82) is 0 Å². The first-order chi connectivity index (χ1) is 10.6. The number of nitrogens with zero attached hydrogens (tertiary/aromatic N) is 3. The normalized spacial score (nSPS) is 20.0. The summed E-state index contributed by atoms with van der Waals surface area (Å²) in [6.45, 7) is 2.75. The summed E-state index contributed by atoms with van der Waals surface area (Å²) in [6, 6.07) is 10.2. The Labute approximate surface area is 129 Å². The van der Waals surface area contributed by atoms with E-state index >= 15 is 0 Å². The van der Waals surface area contributed by atoms with Crippen LogP contribution in [0.1, 0.15) is 17.6 Å². The average molecular weight is 319 g/mol. The quantitative estimate of drug-likeness (QED) is 0.858. The number of sulfonamides is 1. The summed E-state index contributed by atoms with van der Waals surface area (Å²) in [7, 11) is -3.50. The second-order valence-electron chi connectivity index (χ2n) is 5.06. The lowest BCUT2D eigenvalue weighted by Gasteiger charge is -2.31. The summed E-state index contributed by atoms with van der Waals surface area (Å²) in [4.78, 5) is 8.68. The fraction of sp³-hybridized carbons (Fsp3) is 0.333. The van der Waals surface area contributed by atoms with E-state index in [1.807, 2.05) is 0 Å². The van der Waals surface area contributed by atoms with Gasteiger partial charge in [-0.2, -0.15) is 4.31 Å². The maximum atomic E-state index is 12.7. The minimum atomic E-state index is -3.50. The topological polar surface area (TPSA) is 72.4 Å². The van der Waals surface area contributed by atoms with Crippen molar-refractivity contribution in [3.8, 4) is 0 Å². The smallest absolute Gasteiger partial charge is 0.243 e. The molecule has 0 unspecified atom stereocenters. The zero-order valence-corrected chi connectivity index (χ0v) is 13.0. The molecule has 116 valence electrons. The molecule has 2 heterocycles. The largest absolute Gasteiger partial charge is 0.369 e. The molecule has 3 rings (SSSR count). The van der Waals surface area contributed by atoms with Gasteiger partial charge in [-0.25, -0.2) is 18.4 Å². The highest BCUT2D eigenvalue weighted by atomic mass is 32.2. The van der Waals surface area contributed by atoms with Crippen LogP contribution in [0.3, 0.4) is 0 Å². The van der Waals surface area contributed by atoms with Crippen molar-refractivity contribution in [3.05, 3.63) is 54.1 Å². The summed E-state index contributed by atoms with van der Waals surface area (Å²) < 4.78 is 32.5. The van der Waals surface area contributed by atoms with Gasteiger partial charge in [0.15, 0.2) is 0 Å². The molecule has 0 bridgehead atoms. The van der Waals surface area contributed by atoms with E-state index in [1.165, 1.54) is 4.31 Å². The van der Waals surface area contributed by atoms with Crippen LogP contribution in [0.25, 0.3) is 0 Å². The predicted molar refractivity (Wildman–Crippen MR) is 80.7 cm³/mol. The zero-order chi connectivity index (χ0) is 15.6. The number of aryl methyl sites for hydroxylation is 1. The van der Waals surface area contributed by atoms with Gasteiger partial charge in [0.05, 0.1) is 17.2 Å². The Morgan fingerprint density at radius 3 is 2.73 bits per heavy atom. The molecule has 1 fully saturated rings. The third-order valence-electron chi connectivity index (χ3n) is 3.54. The van der Waals surface area contributed by atoms with Crippen molar-refractivity contribution in [2.24, 2.45) is 0 Å². The number of aromatic nitrogens is 2. The van der Waals surface area contributed by atoms with Gasteiger partial charge in [0.1, 0.15) is 11.9 Å². The molecule has 1 aromatic carbocycles. The van der Waals surface area contributed by atoms with Crippen LogP contribution in [0.4, 0.5) is 0 Å². The number of morpholine rings is 1. The van der Waals surface area contributed by atoms with Gasteiger partial charge < -0.3 is 4.74 Å². The highest BCUT2D eigenvalue weighted by Gasteiger charge is 2.32. The van der Waals surface area contributed by atoms with E-state index in [0.29, 0.717) is 29.6 Å². The molecular formula is C15H17N3O3S. The van der Waals surface area contributed by atoms with Crippen LogP contribution in [0, 0.1) is 6.92 Å². The number of ether oxygens (including phenoxy) is 1. The van der Waals surface area contributed by atoms with Crippen LogP contribution in [0.5, 0.6) is 0 Å². The third-order valence-corrected chi connectivity index (χ3v) is 5.42. The van der Waals surface area contributed by atoms with Crippen molar-refractivity contribution >= 4 is 10.0 Å². The molecule has 2 aromatic rings. The van der Waals surface area contributed by atoms with Gasteiger partial charge in [-0.05, 0) is 25.1 Å². The maximum absolute atomic E-state index is 12.7. The average Bonchev–Trinajstić information content (AvgIpc) is 2.56. The van der Waals surface area contributed by atoms with Crippen molar-refractivity contribution in [2.75, 3.05) is 19.7 Å². The molecule has 0 spiro atoms. The maximum Gasteiger partial charge on any atom is 0.243 e. The standard InChI is InChI=1S/C15H17N3O3S/c1-12-16-8-7-14(17-12)15-11-18(9-10-21-15)22(19,20)13-5-3-2-4-6-13/h2-8,15H,9-11H2,1H3/t15-/m1/s1. The number of benzene rings is 1. The van der Waals surface area contributed by atoms with Crippen LogP contribution < -0.4 is 0 Å². The summed E-state index contributed by atoms with van der Waals surface area (Å²) in [6.07, 6.45) is 1.29. The minimum Gasteiger partial charge on any atom is -0.369 e. The van der Waals surface area contributed by atoms with Crippen LogP contribution >= 0.6 is 0 Å². The van der Waals surface area contributed by atoms with E-state index in [1.54, 1.807) is 49.5 Å². The van der Waals surface area contributed by atoms with Gasteiger partial charge in [-0.3, -0.25) is 0 Å². The molecule has 0 aliphatic carbocycles. The van der Waals surface area contributed by atoms with Crippen LogP contribution in [0.2, 0.25) is 0 Å². The Bertz CT molecular complexity index is 750. The first kappa shape index (κ1) is 15.1. The molecule has 0 N–H and O–H groups in total. The van der Waals surface area contributed by atoms with Gasteiger partial charge in [0.25, 0.3) is 0 Å². The molecule has 0 saturated carbocycles. The van der Waals surface area contributed by atoms with Crippen LogP contribution in [-0.2, 0) is 14.8 Å². The fourth-order valence-corrected chi connectivity index (χ4v) is 3.86. The molecule has 1 aliphatic rings. The Hall–Kier alpha value is -1.83. The summed E-state index contributed by atoms with van der Waals surface area (Å²) in [5.41, 5.74) is 0.709. The summed E-state index contributed by atoms with van der Waals surface area (Å²) in [5, 5.41) is 0. The number of rotatable bonds is 3. The van der Waals surface area contributed by atoms with Gasteiger partial charge >= 0.3 is 0 Å². The molecule has 0 radical (unpaired) electrons. The lowest BCUT2D eigenvalue weighted by atomic mass is 10.2. The molecular weight excluding hydrogens is 302 g/mol. The van der Waals surface area contributed by atoms with Gasteiger partial charge in [-0.1, -0.05) is 18.2 Å². The van der Waals surface area contributed by atoms with E-state index in [2.05, 4.69) is 9.97 Å². The van der Waals surface area contributed by atoms with Crippen LogP contribution in [0.15, 0.2) is 47.5 Å². The lowest BCUT2D eigenvalue weighted by Crippen LogP contribution is -2.42. The van der Waals surface area contributed by atoms with Crippen molar-refractivity contribution < 1.29 is 13.2 Å². The minimum absolute atomic E-state index is 0.258. The zero-order valence-electron chi connectivity index (χ0n) is 12.2. The first-order valence-electron chi connectivity index (χ1n) is 7.04. The Kier molecular flexibility index (Phi) is 4.19. The Morgan fingerprint density at radius 2 is 2.00 bits per heavy atom. The Morgan fingerprint density at radius 1 is 1.23 bits per heavy atom. The van der Waals surface area contributed by atoms with Crippen molar-refractivity contribution in [3.63, 3.8) is 0 Å². The van der Waals surface area contributed by atoms with Crippen LogP contribution in [-0.4, -0.2) is 42.4 Å². The molecule has 7 heteroatoms. The predicted octanol–water partition coefficient (Wildman–Crippen LogP) is 1.55. The summed E-state index contributed by atoms with van der Waals surface area (Å²) >= 11 is 0.